The van der Waals surface area contributed by atoms with Crippen molar-refractivity contribution in [2.24, 2.45) is 0 Å². The number of aliphatic hydroxyl groups is 1. The van der Waals surface area contributed by atoms with Crippen molar-refractivity contribution >= 4 is 17.1 Å². The van der Waals surface area contributed by atoms with Crippen LogP contribution >= 0.6 is 0 Å². The van der Waals surface area contributed by atoms with Crippen LogP contribution in [0.4, 0.5) is 5.95 Å². The van der Waals surface area contributed by atoms with E-state index in [2.05, 4.69) is 20.9 Å². The highest BCUT2D eigenvalue weighted by Gasteiger charge is 2.34. The van der Waals surface area contributed by atoms with E-state index in [-0.39, 0.29) is 11.5 Å². The fourth-order valence-electron chi connectivity index (χ4n) is 2.13. The molecule has 8 heteroatoms. The van der Waals surface area contributed by atoms with Gasteiger partial charge in [-0.15, -0.1) is 6.42 Å². The molecule has 3 heterocycles. The number of aromatic nitrogens is 4. The summed E-state index contributed by atoms with van der Waals surface area (Å²) < 4.78 is 7.04. The molecule has 2 aromatic rings. The Kier molecular flexibility index (Phi) is 2.51. The van der Waals surface area contributed by atoms with Gasteiger partial charge in [-0.1, -0.05) is 5.92 Å². The lowest BCUT2D eigenvalue weighted by Gasteiger charge is -2.11. The van der Waals surface area contributed by atoms with Gasteiger partial charge in [0.25, 0.3) is 5.56 Å². The molecule has 0 aliphatic carbocycles. The minimum Gasteiger partial charge on any atom is -0.389 e. The van der Waals surface area contributed by atoms with Crippen LogP contribution in [0.1, 0.15) is 12.6 Å². The molecule has 0 unspecified atom stereocenters. The van der Waals surface area contributed by atoms with Crippen molar-refractivity contribution in [1.82, 2.24) is 19.5 Å². The van der Waals surface area contributed by atoms with E-state index in [1.54, 1.807) is 4.57 Å². The van der Waals surface area contributed by atoms with E-state index in [1.807, 2.05) is 0 Å². The first kappa shape index (κ1) is 11.7. The van der Waals surface area contributed by atoms with Gasteiger partial charge in [0.05, 0.1) is 12.4 Å². The zero-order valence-corrected chi connectivity index (χ0v) is 9.78. The number of rotatable bonds is 1. The number of nitrogens with zero attached hydrogens (tertiary/aromatic N) is 3. The van der Waals surface area contributed by atoms with E-state index in [0.717, 1.165) is 0 Å². The molecule has 0 saturated carbocycles. The lowest BCUT2D eigenvalue weighted by molar-refractivity contribution is 0.0141. The van der Waals surface area contributed by atoms with Crippen molar-refractivity contribution < 1.29 is 9.84 Å². The molecule has 0 amide bonds. The van der Waals surface area contributed by atoms with Gasteiger partial charge in [-0.05, 0) is 0 Å². The third-order valence-electron chi connectivity index (χ3n) is 3.02. The molecule has 1 aliphatic rings. The lowest BCUT2D eigenvalue weighted by Crippen LogP contribution is -2.17. The molecule has 1 saturated heterocycles. The predicted molar refractivity (Wildman–Crippen MR) is 65.9 cm³/mol. The van der Waals surface area contributed by atoms with Gasteiger partial charge in [0.2, 0.25) is 5.95 Å². The Morgan fingerprint density at radius 3 is 3.16 bits per heavy atom. The average molecular weight is 261 g/mol. The SMILES string of the molecule is C#C[C@H]1O[C@@H](n2cnc3c(=O)[nH]c(N)nc32)C[C@@H]1O. The van der Waals surface area contributed by atoms with Gasteiger partial charge in [-0.2, -0.15) is 4.98 Å². The van der Waals surface area contributed by atoms with E-state index in [9.17, 15) is 9.90 Å². The summed E-state index contributed by atoms with van der Waals surface area (Å²) in [6.07, 6.45) is 5.01. The van der Waals surface area contributed by atoms with Gasteiger partial charge in [0.15, 0.2) is 11.2 Å². The number of nitrogen functional groups attached to an aromatic ring is 1. The number of ether oxygens (including phenoxy) is 1. The first-order valence-electron chi connectivity index (χ1n) is 5.62. The predicted octanol–water partition coefficient (Wildman–Crippen LogP) is -1.02. The summed E-state index contributed by atoms with van der Waals surface area (Å²) in [5.41, 5.74) is 5.54. The van der Waals surface area contributed by atoms with Crippen molar-refractivity contribution in [3.63, 3.8) is 0 Å². The zero-order chi connectivity index (χ0) is 13.6. The van der Waals surface area contributed by atoms with E-state index in [0.29, 0.717) is 12.1 Å². The standard InChI is InChI=1S/C11H11N5O3/c1-2-6-5(17)3-7(19-6)16-4-13-8-9(16)14-11(12)15-10(8)18/h1,4-7,17H,3H2,(H3,12,14,15,18)/t5-,6+,7+/m0/s1. The third-order valence-corrected chi connectivity index (χ3v) is 3.02. The summed E-state index contributed by atoms with van der Waals surface area (Å²) in [6.45, 7) is 0. The van der Waals surface area contributed by atoms with Gasteiger partial charge in [-0.25, -0.2) is 4.98 Å². The second-order valence-corrected chi connectivity index (χ2v) is 4.26. The molecule has 1 aliphatic heterocycles. The average Bonchev–Trinajstić information content (AvgIpc) is 2.92. The van der Waals surface area contributed by atoms with Crippen LogP contribution in [0, 0.1) is 12.3 Å². The largest absolute Gasteiger partial charge is 0.389 e. The number of hydrogen-bond donors (Lipinski definition) is 3. The van der Waals surface area contributed by atoms with Gasteiger partial charge < -0.3 is 15.6 Å². The first-order chi connectivity index (χ1) is 9.10. The minimum atomic E-state index is -0.758. The van der Waals surface area contributed by atoms with E-state index in [4.69, 9.17) is 16.9 Å². The van der Waals surface area contributed by atoms with Crippen molar-refractivity contribution in [3.8, 4) is 12.3 Å². The number of H-pyrrole nitrogens is 1. The summed E-state index contributed by atoms with van der Waals surface area (Å²) in [5.74, 6) is 2.35. The number of hydrogen-bond acceptors (Lipinski definition) is 6. The monoisotopic (exact) mass is 261 g/mol. The maximum absolute atomic E-state index is 11.6. The van der Waals surface area contributed by atoms with Gasteiger partial charge in [0.1, 0.15) is 12.3 Å². The summed E-state index contributed by atoms with van der Waals surface area (Å²) in [4.78, 5) is 22.0. The van der Waals surface area contributed by atoms with Crippen LogP contribution in [-0.4, -0.2) is 36.8 Å². The van der Waals surface area contributed by atoms with Crippen molar-refractivity contribution in [2.45, 2.75) is 24.9 Å². The Labute approximate surface area is 107 Å². The fourth-order valence-corrected chi connectivity index (χ4v) is 2.13. The summed E-state index contributed by atoms with van der Waals surface area (Å²) in [6, 6.07) is 0. The van der Waals surface area contributed by atoms with Gasteiger partial charge in [-0.3, -0.25) is 14.3 Å². The molecule has 0 bridgehead atoms. The van der Waals surface area contributed by atoms with Crippen LogP contribution in [0.15, 0.2) is 11.1 Å². The van der Waals surface area contributed by atoms with Crippen LogP contribution in [0.2, 0.25) is 0 Å². The smallest absolute Gasteiger partial charge is 0.280 e. The van der Waals surface area contributed by atoms with Crippen molar-refractivity contribution in [2.75, 3.05) is 5.73 Å². The van der Waals surface area contributed by atoms with Crippen molar-refractivity contribution in [1.29, 1.82) is 0 Å². The van der Waals surface area contributed by atoms with Crippen LogP contribution in [0.3, 0.4) is 0 Å². The molecular weight excluding hydrogens is 250 g/mol. The molecule has 2 aromatic heterocycles. The molecule has 98 valence electrons. The molecule has 8 nitrogen and oxygen atoms in total. The molecule has 0 spiro atoms. The Bertz CT molecular complexity index is 728. The number of anilines is 1. The summed E-state index contributed by atoms with van der Waals surface area (Å²) >= 11 is 0. The fraction of sp³-hybridized carbons (Fsp3) is 0.364. The van der Waals surface area contributed by atoms with E-state index in [1.165, 1.54) is 6.33 Å². The Hall–Kier alpha value is -2.37. The molecule has 4 N–H and O–H groups in total. The number of aliphatic hydroxyl groups excluding tert-OH is 1. The summed E-state index contributed by atoms with van der Waals surface area (Å²) in [7, 11) is 0. The van der Waals surface area contributed by atoms with Crippen LogP contribution in [-0.2, 0) is 4.74 Å². The lowest BCUT2D eigenvalue weighted by atomic mass is 10.2. The molecule has 3 rings (SSSR count). The quantitative estimate of drug-likeness (QED) is 0.565. The zero-order valence-electron chi connectivity index (χ0n) is 9.78. The number of nitrogens with one attached hydrogen (secondary N) is 1. The molecular formula is C11H11N5O3. The second kappa shape index (κ2) is 4.08. The maximum atomic E-state index is 11.6. The minimum absolute atomic E-state index is 0.00806. The molecule has 0 aromatic carbocycles. The van der Waals surface area contributed by atoms with Gasteiger partial charge >= 0.3 is 0 Å². The van der Waals surface area contributed by atoms with E-state index >= 15 is 0 Å². The topological polar surface area (TPSA) is 119 Å². The van der Waals surface area contributed by atoms with Gasteiger partial charge in [0, 0.05) is 6.42 Å². The number of terminal acetylenes is 1. The highest BCUT2D eigenvalue weighted by atomic mass is 16.5. The highest BCUT2D eigenvalue weighted by molar-refractivity contribution is 5.70. The van der Waals surface area contributed by atoms with Crippen LogP contribution < -0.4 is 11.3 Å². The Morgan fingerprint density at radius 1 is 1.68 bits per heavy atom. The molecule has 19 heavy (non-hydrogen) atoms. The Balaban J connectivity index is 2.08. The third kappa shape index (κ3) is 1.76. The first-order valence-corrected chi connectivity index (χ1v) is 5.62. The molecule has 1 fully saturated rings. The highest BCUT2D eigenvalue weighted by Crippen LogP contribution is 2.29. The molecule has 3 atom stereocenters. The summed E-state index contributed by atoms with van der Waals surface area (Å²) in [5, 5.41) is 9.73. The number of aromatic amines is 1. The maximum Gasteiger partial charge on any atom is 0.280 e. The van der Waals surface area contributed by atoms with Crippen LogP contribution in [0.5, 0.6) is 0 Å². The second-order valence-electron chi connectivity index (χ2n) is 4.26. The Morgan fingerprint density at radius 2 is 2.47 bits per heavy atom. The van der Waals surface area contributed by atoms with Crippen LogP contribution in [0.25, 0.3) is 11.2 Å². The van der Waals surface area contributed by atoms with Crippen molar-refractivity contribution in [3.05, 3.63) is 16.7 Å². The normalized spacial score (nSPS) is 26.6. The van der Waals surface area contributed by atoms with E-state index < -0.39 is 24.0 Å². The number of imidazole rings is 1. The molecule has 0 radical (unpaired) electrons. The number of fused-ring (bicyclic) bond motifs is 1. The number of nitrogens with two attached hydrogens (primary N) is 1.